The van der Waals surface area contributed by atoms with Crippen molar-refractivity contribution in [2.24, 2.45) is 0 Å². The minimum absolute atomic E-state index is 0.0511. The number of carbonyl (C=O) groups excluding carboxylic acids is 3. The van der Waals surface area contributed by atoms with Crippen LogP contribution in [0.1, 0.15) is 18.9 Å². The van der Waals surface area contributed by atoms with Crippen molar-refractivity contribution in [3.63, 3.8) is 0 Å². The lowest BCUT2D eigenvalue weighted by Gasteiger charge is -2.20. The summed E-state index contributed by atoms with van der Waals surface area (Å²) in [5, 5.41) is 2.67. The van der Waals surface area contributed by atoms with Crippen LogP contribution >= 0.6 is 0 Å². The number of imide groups is 1. The zero-order chi connectivity index (χ0) is 17.7. The van der Waals surface area contributed by atoms with Crippen molar-refractivity contribution < 1.29 is 19.1 Å². The number of nitrogens with one attached hydrogen (secondary N) is 1. The summed E-state index contributed by atoms with van der Waals surface area (Å²) >= 11 is 0. The smallest absolute Gasteiger partial charge is 0.332 e. The van der Waals surface area contributed by atoms with Gasteiger partial charge in [0.15, 0.2) is 0 Å². The van der Waals surface area contributed by atoms with E-state index in [0.717, 1.165) is 10.5 Å². The highest BCUT2D eigenvalue weighted by atomic mass is 16.5. The van der Waals surface area contributed by atoms with Crippen LogP contribution in [0.2, 0.25) is 0 Å². The molecule has 0 aromatic heterocycles. The van der Waals surface area contributed by atoms with E-state index in [0.29, 0.717) is 18.8 Å². The maximum absolute atomic E-state index is 12.8. The van der Waals surface area contributed by atoms with Crippen LogP contribution in [0, 0.1) is 6.92 Å². The van der Waals surface area contributed by atoms with Crippen LogP contribution in [0.3, 0.4) is 0 Å². The number of anilines is 1. The molecule has 0 spiro atoms. The van der Waals surface area contributed by atoms with Gasteiger partial charge in [-0.1, -0.05) is 12.1 Å². The van der Waals surface area contributed by atoms with Gasteiger partial charge in [0.1, 0.15) is 6.04 Å². The summed E-state index contributed by atoms with van der Waals surface area (Å²) in [5.41, 5.74) is 1.47. The monoisotopic (exact) mass is 333 g/mol. The standard InChI is InChI=1S/C17H23N3O4/c1-4-18-15(21)11-14-16(22)20(13-7-5-6-12(2)10-13)17(23)19(14)8-9-24-3/h5-7,10,14H,4,8-9,11H2,1-3H3,(H,18,21)/t14-/m1/s1. The van der Waals surface area contributed by atoms with Gasteiger partial charge >= 0.3 is 6.03 Å². The first-order valence-electron chi connectivity index (χ1n) is 7.96. The molecule has 7 nitrogen and oxygen atoms in total. The lowest BCUT2D eigenvalue weighted by molar-refractivity contribution is -0.127. The molecule has 0 bridgehead atoms. The van der Waals surface area contributed by atoms with Gasteiger partial charge in [-0.15, -0.1) is 0 Å². The van der Waals surface area contributed by atoms with Crippen molar-refractivity contribution in [2.45, 2.75) is 26.3 Å². The number of rotatable bonds is 7. The lowest BCUT2D eigenvalue weighted by Crippen LogP contribution is -2.41. The Morgan fingerprint density at radius 2 is 2.08 bits per heavy atom. The fraction of sp³-hybridized carbons (Fsp3) is 0.471. The van der Waals surface area contributed by atoms with Crippen molar-refractivity contribution in [3.8, 4) is 0 Å². The number of methoxy groups -OCH3 is 1. The Balaban J connectivity index is 2.29. The third kappa shape index (κ3) is 3.73. The van der Waals surface area contributed by atoms with Crippen LogP contribution in [0.4, 0.5) is 10.5 Å². The molecule has 0 unspecified atom stereocenters. The predicted octanol–water partition coefficient (Wildman–Crippen LogP) is 1.30. The molecule has 1 aliphatic rings. The first kappa shape index (κ1) is 17.9. The SMILES string of the molecule is CCNC(=O)C[C@@H]1C(=O)N(c2cccc(C)c2)C(=O)N1CCOC. The summed E-state index contributed by atoms with van der Waals surface area (Å²) in [6.45, 7) is 4.73. The van der Waals surface area contributed by atoms with Gasteiger partial charge in [-0.25, -0.2) is 9.69 Å². The molecule has 0 aliphatic carbocycles. The zero-order valence-corrected chi connectivity index (χ0v) is 14.2. The molecule has 1 aliphatic heterocycles. The molecule has 1 aromatic carbocycles. The predicted molar refractivity (Wildman–Crippen MR) is 89.7 cm³/mol. The molecule has 7 heteroatoms. The molecule has 1 saturated heterocycles. The summed E-state index contributed by atoms with van der Waals surface area (Å²) in [6.07, 6.45) is -0.0511. The van der Waals surface area contributed by atoms with Crippen LogP contribution in [0.25, 0.3) is 0 Å². The van der Waals surface area contributed by atoms with E-state index in [4.69, 9.17) is 4.74 Å². The average Bonchev–Trinajstić information content (AvgIpc) is 2.76. The Morgan fingerprint density at radius 1 is 1.33 bits per heavy atom. The molecule has 1 fully saturated rings. The number of hydrogen-bond acceptors (Lipinski definition) is 4. The van der Waals surface area contributed by atoms with Gasteiger partial charge in [0.05, 0.1) is 18.7 Å². The molecular weight excluding hydrogens is 310 g/mol. The van der Waals surface area contributed by atoms with E-state index in [-0.39, 0.29) is 24.8 Å². The fourth-order valence-electron chi connectivity index (χ4n) is 2.73. The number of nitrogens with zero attached hydrogens (tertiary/aromatic N) is 2. The molecule has 1 aromatic rings. The molecular formula is C17H23N3O4. The van der Waals surface area contributed by atoms with E-state index in [1.165, 1.54) is 12.0 Å². The minimum atomic E-state index is -0.806. The second-order valence-corrected chi connectivity index (χ2v) is 5.65. The maximum Gasteiger partial charge on any atom is 0.332 e. The lowest BCUT2D eigenvalue weighted by atomic mass is 10.1. The quantitative estimate of drug-likeness (QED) is 0.763. The minimum Gasteiger partial charge on any atom is -0.383 e. The summed E-state index contributed by atoms with van der Waals surface area (Å²) in [5.74, 6) is -0.634. The van der Waals surface area contributed by atoms with E-state index >= 15 is 0 Å². The summed E-state index contributed by atoms with van der Waals surface area (Å²) in [7, 11) is 1.53. The first-order valence-corrected chi connectivity index (χ1v) is 7.96. The second-order valence-electron chi connectivity index (χ2n) is 5.65. The van der Waals surface area contributed by atoms with E-state index in [9.17, 15) is 14.4 Å². The number of ether oxygens (including phenoxy) is 1. The van der Waals surface area contributed by atoms with Crippen LogP contribution in [-0.2, 0) is 14.3 Å². The van der Waals surface area contributed by atoms with Gasteiger partial charge in [0, 0.05) is 20.2 Å². The third-order valence-electron chi connectivity index (χ3n) is 3.87. The van der Waals surface area contributed by atoms with E-state index in [2.05, 4.69) is 5.32 Å². The first-order chi connectivity index (χ1) is 11.5. The molecule has 24 heavy (non-hydrogen) atoms. The largest absolute Gasteiger partial charge is 0.383 e. The van der Waals surface area contributed by atoms with Crippen molar-refractivity contribution in [1.29, 1.82) is 0 Å². The molecule has 1 N–H and O–H groups in total. The highest BCUT2D eigenvalue weighted by Crippen LogP contribution is 2.27. The van der Waals surface area contributed by atoms with Crippen molar-refractivity contribution in [1.82, 2.24) is 10.2 Å². The summed E-state index contributed by atoms with van der Waals surface area (Å²) < 4.78 is 5.02. The van der Waals surface area contributed by atoms with Crippen molar-refractivity contribution in [3.05, 3.63) is 29.8 Å². The molecule has 0 radical (unpaired) electrons. The summed E-state index contributed by atoms with van der Waals surface area (Å²) in [4.78, 5) is 40.0. The van der Waals surface area contributed by atoms with Crippen LogP contribution in [0.15, 0.2) is 24.3 Å². The molecule has 4 amide bonds. The van der Waals surface area contributed by atoms with Gasteiger partial charge in [-0.3, -0.25) is 9.59 Å². The molecule has 1 atom stereocenters. The Morgan fingerprint density at radius 3 is 2.71 bits per heavy atom. The van der Waals surface area contributed by atoms with Crippen LogP contribution < -0.4 is 10.2 Å². The van der Waals surface area contributed by atoms with Crippen molar-refractivity contribution >= 4 is 23.5 Å². The Hall–Kier alpha value is -2.41. The topological polar surface area (TPSA) is 79.0 Å². The third-order valence-corrected chi connectivity index (χ3v) is 3.87. The van der Waals surface area contributed by atoms with Gasteiger partial charge in [-0.05, 0) is 31.5 Å². The van der Waals surface area contributed by atoms with Crippen LogP contribution in [-0.4, -0.2) is 55.6 Å². The van der Waals surface area contributed by atoms with Crippen LogP contribution in [0.5, 0.6) is 0 Å². The highest BCUT2D eigenvalue weighted by molar-refractivity contribution is 6.22. The van der Waals surface area contributed by atoms with Gasteiger partial charge in [-0.2, -0.15) is 0 Å². The molecule has 130 valence electrons. The highest BCUT2D eigenvalue weighted by Gasteiger charge is 2.46. The number of hydrogen-bond donors (Lipinski definition) is 1. The number of carbonyl (C=O) groups is 3. The normalized spacial score (nSPS) is 17.5. The Bertz CT molecular complexity index is 632. The Kier molecular flexibility index (Phi) is 5.92. The van der Waals surface area contributed by atoms with Gasteiger partial charge < -0.3 is 15.0 Å². The maximum atomic E-state index is 12.8. The number of amides is 4. The number of urea groups is 1. The Labute approximate surface area is 141 Å². The van der Waals surface area contributed by atoms with Crippen molar-refractivity contribution in [2.75, 3.05) is 31.7 Å². The fourth-order valence-corrected chi connectivity index (χ4v) is 2.73. The van der Waals surface area contributed by atoms with Gasteiger partial charge in [0.2, 0.25) is 5.91 Å². The van der Waals surface area contributed by atoms with Gasteiger partial charge in [0.25, 0.3) is 5.91 Å². The molecule has 2 rings (SSSR count). The van der Waals surface area contributed by atoms with E-state index in [1.54, 1.807) is 25.1 Å². The van der Waals surface area contributed by atoms with E-state index < -0.39 is 12.1 Å². The average molecular weight is 333 g/mol. The summed E-state index contributed by atoms with van der Waals surface area (Å²) in [6, 6.07) is 5.95. The molecule has 0 saturated carbocycles. The number of benzene rings is 1. The zero-order valence-electron chi connectivity index (χ0n) is 14.2. The second kappa shape index (κ2) is 7.92. The van der Waals surface area contributed by atoms with E-state index in [1.807, 2.05) is 13.0 Å². The molecule has 1 heterocycles. The number of aryl methyl sites for hydroxylation is 1.